The molecule has 1 atom stereocenters. The lowest BCUT2D eigenvalue weighted by atomic mass is 10.1. The van der Waals surface area contributed by atoms with Crippen molar-refractivity contribution in [1.29, 1.82) is 0 Å². The predicted molar refractivity (Wildman–Crippen MR) is 123 cm³/mol. The van der Waals surface area contributed by atoms with Crippen molar-refractivity contribution in [2.45, 2.75) is 42.7 Å². The fourth-order valence-corrected chi connectivity index (χ4v) is 6.38. The van der Waals surface area contributed by atoms with E-state index in [9.17, 15) is 14.4 Å². The van der Waals surface area contributed by atoms with Crippen LogP contribution in [0.15, 0.2) is 27.2 Å². The molecule has 0 aromatic carbocycles. The van der Waals surface area contributed by atoms with Crippen molar-refractivity contribution in [2.75, 3.05) is 17.2 Å². The molecule has 2 amide bonds. The normalized spacial score (nSPS) is 13.4. The molecule has 1 aliphatic rings. The van der Waals surface area contributed by atoms with E-state index in [2.05, 4.69) is 20.8 Å². The summed E-state index contributed by atoms with van der Waals surface area (Å²) in [6, 6.07) is 3.16. The highest BCUT2D eigenvalue weighted by molar-refractivity contribution is 8.02. The maximum Gasteiger partial charge on any atom is 0.341 e. The van der Waals surface area contributed by atoms with Crippen molar-refractivity contribution in [3.05, 3.63) is 40.2 Å². The van der Waals surface area contributed by atoms with Crippen LogP contribution in [0.5, 0.6) is 0 Å². The Hall–Kier alpha value is -2.70. The molecule has 0 bridgehead atoms. The number of thioether (sulfide) groups is 1. The second kappa shape index (κ2) is 9.84. The molecule has 0 radical (unpaired) electrons. The number of esters is 1. The lowest BCUT2D eigenvalue weighted by molar-refractivity contribution is -0.115. The summed E-state index contributed by atoms with van der Waals surface area (Å²) in [5.74, 6) is -0.909. The number of fused-ring (bicyclic) bond motifs is 1. The summed E-state index contributed by atoms with van der Waals surface area (Å²) < 4.78 is 10.8. The fourth-order valence-electron chi connectivity index (χ4n) is 3.20. The summed E-state index contributed by atoms with van der Waals surface area (Å²) in [4.78, 5) is 38.5. The van der Waals surface area contributed by atoms with Gasteiger partial charge in [0.05, 0.1) is 23.7 Å². The van der Waals surface area contributed by atoms with Crippen LogP contribution in [0.25, 0.3) is 0 Å². The molecule has 12 heteroatoms. The predicted octanol–water partition coefficient (Wildman–Crippen LogP) is 4.23. The quantitative estimate of drug-likeness (QED) is 0.272. The highest BCUT2D eigenvalue weighted by Gasteiger charge is 2.29. The zero-order valence-corrected chi connectivity index (χ0v) is 19.7. The van der Waals surface area contributed by atoms with Crippen LogP contribution in [0.3, 0.4) is 0 Å². The van der Waals surface area contributed by atoms with E-state index in [1.165, 1.54) is 29.4 Å². The molecule has 3 aromatic heterocycles. The fraction of sp³-hybridized carbons (Fsp3) is 0.350. The van der Waals surface area contributed by atoms with Gasteiger partial charge in [0.1, 0.15) is 5.00 Å². The van der Waals surface area contributed by atoms with Crippen LogP contribution in [-0.2, 0) is 22.4 Å². The maximum atomic E-state index is 12.8. The van der Waals surface area contributed by atoms with Crippen LogP contribution < -0.4 is 10.6 Å². The summed E-state index contributed by atoms with van der Waals surface area (Å²) in [6.07, 6.45) is 4.14. The van der Waals surface area contributed by atoms with Gasteiger partial charge in [-0.1, -0.05) is 23.1 Å². The SMILES string of the molecule is CCOC(=O)c1c(NC(=O)[C@@H](C)Sc2nnc(NC(=O)c3ccco3)s2)sc2c1CCC2. The number of aromatic nitrogens is 2. The molecule has 1 aliphatic carbocycles. The molecule has 0 saturated heterocycles. The summed E-state index contributed by atoms with van der Waals surface area (Å²) in [5.41, 5.74) is 1.47. The molecule has 3 heterocycles. The molecular formula is C20H20N4O5S3. The second-order valence-electron chi connectivity index (χ2n) is 6.84. The van der Waals surface area contributed by atoms with Crippen molar-refractivity contribution >= 4 is 62.4 Å². The summed E-state index contributed by atoms with van der Waals surface area (Å²) in [6.45, 7) is 3.78. The van der Waals surface area contributed by atoms with E-state index in [0.29, 0.717) is 20.0 Å². The smallest absolute Gasteiger partial charge is 0.341 e. The van der Waals surface area contributed by atoms with Crippen LogP contribution in [0, 0.1) is 0 Å². The number of ether oxygens (including phenoxy) is 1. The molecule has 32 heavy (non-hydrogen) atoms. The first kappa shape index (κ1) is 22.5. The third-order valence-corrected chi connectivity index (χ3v) is 7.89. The molecule has 4 rings (SSSR count). The Labute approximate surface area is 195 Å². The van der Waals surface area contributed by atoms with Gasteiger partial charge in [0, 0.05) is 4.88 Å². The second-order valence-corrected chi connectivity index (χ2v) is 10.5. The van der Waals surface area contributed by atoms with E-state index in [1.54, 1.807) is 26.0 Å². The van der Waals surface area contributed by atoms with Crippen molar-refractivity contribution < 1.29 is 23.5 Å². The van der Waals surface area contributed by atoms with Crippen LogP contribution in [0.4, 0.5) is 10.1 Å². The third-order valence-electron chi connectivity index (χ3n) is 4.66. The molecule has 0 saturated carbocycles. The molecule has 168 valence electrons. The number of carbonyl (C=O) groups is 3. The van der Waals surface area contributed by atoms with E-state index in [0.717, 1.165) is 41.0 Å². The van der Waals surface area contributed by atoms with E-state index in [1.807, 2.05) is 0 Å². The highest BCUT2D eigenvalue weighted by atomic mass is 32.2. The molecule has 0 aliphatic heterocycles. The van der Waals surface area contributed by atoms with Gasteiger partial charge in [-0.15, -0.1) is 21.5 Å². The van der Waals surface area contributed by atoms with Gasteiger partial charge in [0.25, 0.3) is 5.91 Å². The van der Waals surface area contributed by atoms with Crippen LogP contribution >= 0.6 is 34.4 Å². The highest BCUT2D eigenvalue weighted by Crippen LogP contribution is 2.40. The standard InChI is InChI=1S/C20H20N4O5S3/c1-3-28-18(27)14-11-6-4-8-13(11)31-17(14)21-15(25)10(2)30-20-24-23-19(32-20)22-16(26)12-7-5-9-29-12/h5,7,9-10H,3-4,6,8H2,1-2H3,(H,21,25)(H,22,23,26)/t10-/m1/s1. The molecule has 0 fully saturated rings. The third kappa shape index (κ3) is 4.87. The zero-order valence-electron chi connectivity index (χ0n) is 17.3. The Bertz CT molecular complexity index is 1140. The number of aryl methyl sites for hydroxylation is 1. The minimum Gasteiger partial charge on any atom is -0.462 e. The number of carbonyl (C=O) groups excluding carboxylic acids is 3. The minimum absolute atomic E-state index is 0.169. The van der Waals surface area contributed by atoms with Gasteiger partial charge in [0.2, 0.25) is 11.0 Å². The Balaban J connectivity index is 1.39. The van der Waals surface area contributed by atoms with Gasteiger partial charge in [-0.25, -0.2) is 4.79 Å². The van der Waals surface area contributed by atoms with Crippen LogP contribution in [0.1, 0.15) is 51.6 Å². The van der Waals surface area contributed by atoms with E-state index in [4.69, 9.17) is 9.15 Å². The van der Waals surface area contributed by atoms with Crippen molar-refractivity contribution in [1.82, 2.24) is 10.2 Å². The molecule has 3 aromatic rings. The Morgan fingerprint density at radius 2 is 2.09 bits per heavy atom. The molecule has 0 spiro atoms. The summed E-state index contributed by atoms with van der Waals surface area (Å²) in [5, 5.41) is 13.8. The molecule has 0 unspecified atom stereocenters. The molecule has 2 N–H and O–H groups in total. The summed E-state index contributed by atoms with van der Waals surface area (Å²) >= 11 is 3.82. The first-order valence-electron chi connectivity index (χ1n) is 9.93. The number of hydrogen-bond acceptors (Lipinski definition) is 10. The minimum atomic E-state index is -0.497. The van der Waals surface area contributed by atoms with E-state index >= 15 is 0 Å². The molecular weight excluding hydrogens is 472 g/mol. The van der Waals surface area contributed by atoms with E-state index in [-0.39, 0.29) is 18.3 Å². The number of hydrogen-bond donors (Lipinski definition) is 2. The van der Waals surface area contributed by atoms with Gasteiger partial charge in [-0.3, -0.25) is 14.9 Å². The number of amides is 2. The first-order chi connectivity index (χ1) is 15.5. The largest absolute Gasteiger partial charge is 0.462 e. The van der Waals surface area contributed by atoms with Crippen molar-refractivity contribution in [3.63, 3.8) is 0 Å². The lowest BCUT2D eigenvalue weighted by Gasteiger charge is -2.11. The van der Waals surface area contributed by atoms with Gasteiger partial charge in [0.15, 0.2) is 10.1 Å². The number of furan rings is 1. The Kier molecular flexibility index (Phi) is 6.92. The summed E-state index contributed by atoms with van der Waals surface area (Å²) in [7, 11) is 0. The van der Waals surface area contributed by atoms with Gasteiger partial charge in [-0.05, 0) is 50.8 Å². The lowest BCUT2D eigenvalue weighted by Crippen LogP contribution is -2.23. The Morgan fingerprint density at radius 3 is 2.84 bits per heavy atom. The Morgan fingerprint density at radius 1 is 1.25 bits per heavy atom. The molecule has 9 nitrogen and oxygen atoms in total. The maximum absolute atomic E-state index is 12.8. The van der Waals surface area contributed by atoms with Crippen LogP contribution in [0.2, 0.25) is 0 Å². The van der Waals surface area contributed by atoms with Crippen LogP contribution in [-0.4, -0.2) is 39.8 Å². The average Bonchev–Trinajstić information content (AvgIpc) is 3.53. The topological polar surface area (TPSA) is 123 Å². The monoisotopic (exact) mass is 492 g/mol. The number of rotatable bonds is 8. The van der Waals surface area contributed by atoms with Crippen molar-refractivity contribution in [3.8, 4) is 0 Å². The van der Waals surface area contributed by atoms with Gasteiger partial charge >= 0.3 is 5.97 Å². The zero-order chi connectivity index (χ0) is 22.7. The number of anilines is 2. The number of nitrogens with one attached hydrogen (secondary N) is 2. The number of nitrogens with zero attached hydrogens (tertiary/aromatic N) is 2. The van der Waals surface area contributed by atoms with E-state index < -0.39 is 17.1 Å². The average molecular weight is 493 g/mol. The number of thiophene rings is 1. The van der Waals surface area contributed by atoms with Crippen molar-refractivity contribution in [2.24, 2.45) is 0 Å². The first-order valence-corrected chi connectivity index (χ1v) is 12.4. The van der Waals surface area contributed by atoms with Gasteiger partial charge in [-0.2, -0.15) is 0 Å². The van der Waals surface area contributed by atoms with Gasteiger partial charge < -0.3 is 14.5 Å².